The second-order valence-corrected chi connectivity index (χ2v) is 18.8. The lowest BCUT2D eigenvalue weighted by Crippen LogP contribution is -2.59. The van der Waals surface area contributed by atoms with E-state index in [-0.39, 0.29) is 49.0 Å². The molecule has 4 N–H and O–H groups in total. The quantitative estimate of drug-likeness (QED) is 0.286. The number of amides is 4. The minimum Gasteiger partial charge on any atom is -0.507 e. The Kier molecular flexibility index (Phi) is 11.0. The van der Waals surface area contributed by atoms with Crippen molar-refractivity contribution < 1.29 is 42.2 Å². The summed E-state index contributed by atoms with van der Waals surface area (Å²) in [5, 5.41) is 17.2. The first kappa shape index (κ1) is 39.2. The molecule has 57 heavy (non-hydrogen) atoms. The highest BCUT2D eigenvalue weighted by Crippen LogP contribution is 2.46. The summed E-state index contributed by atoms with van der Waals surface area (Å²) in [6.07, 6.45) is 13.7. The first-order chi connectivity index (χ1) is 27.5. The molecule has 7 atom stereocenters. The van der Waals surface area contributed by atoms with Gasteiger partial charge in [-0.25, -0.2) is 18.2 Å². The number of hydrogen-bond donors (Lipinski definition) is 4. The second kappa shape index (κ2) is 15.9. The van der Waals surface area contributed by atoms with Gasteiger partial charge in [0.2, 0.25) is 27.7 Å². The molecule has 8 rings (SSSR count). The third-order valence-corrected chi connectivity index (χ3v) is 14.8. The van der Waals surface area contributed by atoms with Crippen molar-refractivity contribution in [2.45, 2.75) is 131 Å². The molecule has 1 aromatic heterocycles. The van der Waals surface area contributed by atoms with E-state index >= 15 is 0 Å². The van der Waals surface area contributed by atoms with Crippen LogP contribution < -0.4 is 20.1 Å². The zero-order valence-electron chi connectivity index (χ0n) is 32.2. The molecule has 0 radical (unpaired) electrons. The molecule has 2 bridgehead atoms. The van der Waals surface area contributed by atoms with Crippen LogP contribution in [0.4, 0.5) is 4.79 Å². The highest BCUT2D eigenvalue weighted by molar-refractivity contribution is 7.91. The van der Waals surface area contributed by atoms with Crippen LogP contribution in [0.15, 0.2) is 49.1 Å². The molecule has 306 valence electrons. The number of para-hydroxylation sites is 1. The number of carbonyl (C=O) groups excluding carboxylic acids is 4. The maximum Gasteiger partial charge on any atom is 0.408 e. The molecule has 2 unspecified atom stereocenters. The van der Waals surface area contributed by atoms with Crippen LogP contribution in [-0.4, -0.2) is 88.8 Å². The van der Waals surface area contributed by atoms with Crippen LogP contribution >= 0.6 is 0 Å². The van der Waals surface area contributed by atoms with Crippen molar-refractivity contribution in [3.8, 4) is 11.6 Å². The lowest BCUT2D eigenvalue weighted by molar-refractivity contribution is -0.142. The largest absolute Gasteiger partial charge is 0.507 e. The molecule has 4 aliphatic carbocycles. The average molecular weight is 804 g/mol. The Morgan fingerprint density at radius 1 is 0.982 bits per heavy atom. The monoisotopic (exact) mass is 803 g/mol. The minimum absolute atomic E-state index is 0.00450. The maximum atomic E-state index is 14.9. The van der Waals surface area contributed by atoms with Gasteiger partial charge in [-0.3, -0.25) is 19.1 Å². The highest BCUT2D eigenvalue weighted by atomic mass is 32.2. The maximum absolute atomic E-state index is 14.9. The number of nitrogens with zero attached hydrogens (tertiary/aromatic N) is 2. The summed E-state index contributed by atoms with van der Waals surface area (Å²) < 4.78 is 40.4. The van der Waals surface area contributed by atoms with E-state index in [4.69, 9.17) is 14.5 Å². The third-order valence-electron chi connectivity index (χ3n) is 13.0. The lowest BCUT2D eigenvalue weighted by Gasteiger charge is -2.32. The summed E-state index contributed by atoms with van der Waals surface area (Å²) in [6, 6.07) is 5.08. The van der Waals surface area contributed by atoms with Crippen LogP contribution in [0.5, 0.6) is 11.6 Å². The van der Waals surface area contributed by atoms with E-state index < -0.39 is 68.7 Å². The van der Waals surface area contributed by atoms with E-state index in [0.29, 0.717) is 48.6 Å². The number of nitrogens with one attached hydrogen (secondary N) is 3. The Balaban J connectivity index is 1.14. The van der Waals surface area contributed by atoms with Crippen molar-refractivity contribution in [3.05, 3.63) is 54.6 Å². The molecule has 1 aromatic carbocycles. The first-order valence-electron chi connectivity index (χ1n) is 20.7. The van der Waals surface area contributed by atoms with Gasteiger partial charge in [-0.1, -0.05) is 43.2 Å². The number of benzene rings is 1. The lowest BCUT2D eigenvalue weighted by atomic mass is 9.96. The van der Waals surface area contributed by atoms with Gasteiger partial charge in [0.1, 0.15) is 35.6 Å². The molecule has 4 saturated carbocycles. The molecule has 4 amide bonds. The molecule has 3 heterocycles. The predicted molar refractivity (Wildman–Crippen MR) is 210 cm³/mol. The van der Waals surface area contributed by atoms with Gasteiger partial charge >= 0.3 is 6.09 Å². The number of aromatic nitrogens is 1. The minimum atomic E-state index is -3.91. The smallest absolute Gasteiger partial charge is 0.408 e. The zero-order chi connectivity index (χ0) is 39.9. The van der Waals surface area contributed by atoms with Gasteiger partial charge in [0.25, 0.3) is 5.91 Å². The number of ether oxygens (including phenoxy) is 2. The number of rotatable bonds is 7. The van der Waals surface area contributed by atoms with E-state index in [2.05, 4.69) is 28.0 Å². The molecule has 2 aliphatic heterocycles. The van der Waals surface area contributed by atoms with Gasteiger partial charge in [-0.05, 0) is 101 Å². The van der Waals surface area contributed by atoms with E-state index in [1.165, 1.54) is 11.0 Å². The van der Waals surface area contributed by atoms with E-state index in [1.807, 2.05) is 18.2 Å². The average Bonchev–Trinajstić information content (AvgIpc) is 3.98. The molecule has 2 aromatic rings. The number of aromatic hydroxyl groups is 1. The summed E-state index contributed by atoms with van der Waals surface area (Å²) in [5.74, 6) is -2.23. The van der Waals surface area contributed by atoms with Gasteiger partial charge in [0, 0.05) is 17.7 Å². The van der Waals surface area contributed by atoms with Gasteiger partial charge < -0.3 is 30.1 Å². The van der Waals surface area contributed by atoms with Crippen molar-refractivity contribution in [3.63, 3.8) is 0 Å². The van der Waals surface area contributed by atoms with Crippen molar-refractivity contribution in [2.24, 2.45) is 17.8 Å². The molecule has 5 fully saturated rings. The van der Waals surface area contributed by atoms with E-state index in [1.54, 1.807) is 12.1 Å². The molecule has 1 saturated heterocycles. The van der Waals surface area contributed by atoms with Crippen molar-refractivity contribution >= 4 is 44.7 Å². The summed E-state index contributed by atoms with van der Waals surface area (Å²) in [6.45, 7) is 3.76. The van der Waals surface area contributed by atoms with Crippen molar-refractivity contribution in [1.82, 2.24) is 25.2 Å². The fraction of sp³-hybridized carbons (Fsp3) is 0.595. The zero-order valence-corrected chi connectivity index (χ0v) is 33.0. The van der Waals surface area contributed by atoms with Crippen molar-refractivity contribution in [1.29, 1.82) is 0 Å². The van der Waals surface area contributed by atoms with Gasteiger partial charge in [0.05, 0.1) is 22.9 Å². The van der Waals surface area contributed by atoms with Gasteiger partial charge in [-0.2, -0.15) is 0 Å². The Hall–Kier alpha value is -4.66. The molecule has 15 heteroatoms. The summed E-state index contributed by atoms with van der Waals surface area (Å²) in [5.41, 5.74) is -0.562. The summed E-state index contributed by atoms with van der Waals surface area (Å²) in [7, 11) is -3.91. The van der Waals surface area contributed by atoms with Crippen LogP contribution in [0, 0.1) is 17.8 Å². The number of fused-ring (bicyclic) bond motifs is 5. The second-order valence-electron chi connectivity index (χ2n) is 16.8. The van der Waals surface area contributed by atoms with Crippen LogP contribution in [0.3, 0.4) is 0 Å². The third kappa shape index (κ3) is 8.08. The number of sulfonamides is 1. The SMILES string of the molecule is C=CC1C[C@]1(NC(=O)[C@@H]1C[C@@H]2CN1C(=O)[C@H](C1CCCC1)NC(=O)O[C@@H]1CCCC1CCC/C=C/Cc1c(nc3ccccc3c1O)O2)C(=O)NS(=O)(=O)C1CC1. The normalized spacial score (nSPS) is 31.7. The van der Waals surface area contributed by atoms with Gasteiger partial charge in [0.15, 0.2) is 0 Å². The Bertz CT molecular complexity index is 2060. The Morgan fingerprint density at radius 3 is 2.49 bits per heavy atom. The number of carbonyl (C=O) groups is 4. The Labute approximate surface area is 333 Å². The molecular weight excluding hydrogens is 751 g/mol. The number of pyridine rings is 1. The molecule has 6 aliphatic rings. The fourth-order valence-corrected chi connectivity index (χ4v) is 10.9. The van der Waals surface area contributed by atoms with Crippen LogP contribution in [-0.2, 0) is 35.6 Å². The van der Waals surface area contributed by atoms with E-state index in [9.17, 15) is 32.7 Å². The van der Waals surface area contributed by atoms with Gasteiger partial charge in [-0.15, -0.1) is 6.58 Å². The topological polar surface area (TPSA) is 193 Å². The van der Waals surface area contributed by atoms with Crippen molar-refractivity contribution in [2.75, 3.05) is 6.54 Å². The van der Waals surface area contributed by atoms with Crippen LogP contribution in [0.25, 0.3) is 10.9 Å². The first-order valence-corrected chi connectivity index (χ1v) is 22.2. The van der Waals surface area contributed by atoms with Crippen LogP contribution in [0.1, 0.15) is 95.5 Å². The molecule has 0 spiro atoms. The summed E-state index contributed by atoms with van der Waals surface area (Å²) >= 11 is 0. The number of alkyl carbamates (subject to hydrolysis) is 1. The fourth-order valence-electron chi connectivity index (χ4n) is 9.50. The standard InChI is InChI=1S/C42H53N5O9S/c1-2-27-23-42(27,40(51)46-57(53,54)29-20-21-29)45-37(49)33-22-28-24-47(33)39(50)35(26-13-7-8-14-26)44-41(52)56-34-19-11-15-25(34)12-5-3-4-6-17-31-36(48)30-16-9-10-18-32(30)43-38(31)55-28/h2,4,6,9-10,16,18,25-29,33-35H,1,3,5,7-8,11-15,17,19-24H2,(H,43,48)(H,44,52)(H,45,49)(H,46,51)/b6-4+/t25?,27?,28-,33+,34-,35+,42-/m1/s1. The van der Waals surface area contributed by atoms with Crippen LogP contribution in [0.2, 0.25) is 0 Å². The van der Waals surface area contributed by atoms with E-state index in [0.717, 1.165) is 51.4 Å². The number of allylic oxidation sites excluding steroid dienone is 2. The molecule has 14 nitrogen and oxygen atoms in total. The Morgan fingerprint density at radius 2 is 1.74 bits per heavy atom. The molecular formula is C42H53N5O9S. The number of hydrogen-bond acceptors (Lipinski definition) is 10. The summed E-state index contributed by atoms with van der Waals surface area (Å²) in [4.78, 5) is 62.8. The predicted octanol–water partition coefficient (Wildman–Crippen LogP) is 4.69. The highest BCUT2D eigenvalue weighted by Gasteiger charge is 2.62.